The summed E-state index contributed by atoms with van der Waals surface area (Å²) in [6.07, 6.45) is 1.58. The molecule has 0 saturated carbocycles. The van der Waals surface area contributed by atoms with E-state index in [4.69, 9.17) is 0 Å². The Bertz CT molecular complexity index is 754. The number of hydrogen-bond acceptors (Lipinski definition) is 3. The number of hydrogen-bond donors (Lipinski definition) is 1. The molecule has 1 atom stereocenters. The summed E-state index contributed by atoms with van der Waals surface area (Å²) in [7, 11) is 0. The van der Waals surface area contributed by atoms with Crippen molar-refractivity contribution in [3.63, 3.8) is 0 Å². The SMILES string of the molecule is N#CC[C@H](c1ccc2c(c1)Cc1ccccc1-2)N1CCNCC1. The Hall–Kier alpha value is -2.15. The van der Waals surface area contributed by atoms with Crippen molar-refractivity contribution < 1.29 is 0 Å². The van der Waals surface area contributed by atoms with E-state index < -0.39 is 0 Å². The van der Waals surface area contributed by atoms with Gasteiger partial charge in [0, 0.05) is 32.2 Å². The van der Waals surface area contributed by atoms with Crippen molar-refractivity contribution in [2.24, 2.45) is 0 Å². The molecule has 0 bridgehead atoms. The molecular weight excluding hydrogens is 282 g/mol. The molecule has 23 heavy (non-hydrogen) atoms. The van der Waals surface area contributed by atoms with Gasteiger partial charge in [0.25, 0.3) is 0 Å². The average molecular weight is 303 g/mol. The minimum atomic E-state index is 0.219. The monoisotopic (exact) mass is 303 g/mol. The van der Waals surface area contributed by atoms with Crippen molar-refractivity contribution in [3.8, 4) is 17.2 Å². The summed E-state index contributed by atoms with van der Waals surface area (Å²) < 4.78 is 0. The van der Waals surface area contributed by atoms with Gasteiger partial charge < -0.3 is 5.32 Å². The Labute approximate surface area is 137 Å². The molecule has 0 spiro atoms. The molecule has 0 unspecified atom stereocenters. The molecule has 0 radical (unpaired) electrons. The molecule has 1 saturated heterocycles. The molecule has 1 aliphatic heterocycles. The van der Waals surface area contributed by atoms with Gasteiger partial charge in [0.15, 0.2) is 0 Å². The summed E-state index contributed by atoms with van der Waals surface area (Å²) in [5.74, 6) is 0. The molecule has 0 amide bonds. The second-order valence-corrected chi connectivity index (χ2v) is 6.41. The molecule has 3 heteroatoms. The standard InChI is InChI=1S/C20H21N3/c21-8-7-20(23-11-9-22-10-12-23)16-5-6-19-17(14-16)13-15-3-1-2-4-18(15)19/h1-6,14,20,22H,7,9-13H2/t20-/m1/s1. The second-order valence-electron chi connectivity index (χ2n) is 6.41. The van der Waals surface area contributed by atoms with Crippen molar-refractivity contribution >= 4 is 0 Å². The van der Waals surface area contributed by atoms with Gasteiger partial charge in [0.1, 0.15) is 0 Å². The molecule has 3 nitrogen and oxygen atoms in total. The second kappa shape index (κ2) is 6.16. The Morgan fingerprint density at radius 1 is 1.04 bits per heavy atom. The first-order valence-electron chi connectivity index (χ1n) is 8.39. The number of nitrogens with zero attached hydrogens (tertiary/aromatic N) is 2. The van der Waals surface area contributed by atoms with Crippen LogP contribution in [0.5, 0.6) is 0 Å². The maximum absolute atomic E-state index is 9.27. The van der Waals surface area contributed by atoms with E-state index in [1.54, 1.807) is 0 Å². The van der Waals surface area contributed by atoms with Crippen LogP contribution in [0.2, 0.25) is 0 Å². The fourth-order valence-corrected chi connectivity index (χ4v) is 3.91. The van der Waals surface area contributed by atoms with Crippen molar-refractivity contribution in [1.82, 2.24) is 10.2 Å². The molecule has 1 aliphatic carbocycles. The van der Waals surface area contributed by atoms with Gasteiger partial charge in [-0.3, -0.25) is 4.90 Å². The van der Waals surface area contributed by atoms with Gasteiger partial charge in [-0.15, -0.1) is 0 Å². The summed E-state index contributed by atoms with van der Waals surface area (Å²) in [4.78, 5) is 2.45. The molecular formula is C20H21N3. The molecule has 1 fully saturated rings. The first-order chi connectivity index (χ1) is 11.4. The highest BCUT2D eigenvalue weighted by Gasteiger charge is 2.24. The Kier molecular flexibility index (Phi) is 3.87. The summed E-state index contributed by atoms with van der Waals surface area (Å²) in [6, 6.07) is 18.1. The number of nitrogens with one attached hydrogen (secondary N) is 1. The van der Waals surface area contributed by atoms with Crippen molar-refractivity contribution in [2.75, 3.05) is 26.2 Å². The first kappa shape index (κ1) is 14.4. The van der Waals surface area contributed by atoms with E-state index in [1.807, 2.05) is 0 Å². The average Bonchev–Trinajstić information content (AvgIpc) is 2.98. The zero-order valence-corrected chi connectivity index (χ0v) is 13.3. The molecule has 0 aromatic heterocycles. The van der Waals surface area contributed by atoms with Crippen LogP contribution in [-0.2, 0) is 6.42 Å². The fourth-order valence-electron chi connectivity index (χ4n) is 3.91. The first-order valence-corrected chi connectivity index (χ1v) is 8.39. The predicted octanol–water partition coefficient (Wildman–Crippen LogP) is 3.12. The normalized spacial score (nSPS) is 18.0. The van der Waals surface area contributed by atoms with Crippen LogP contribution in [0, 0.1) is 11.3 Å². The zero-order chi connectivity index (χ0) is 15.6. The minimum Gasteiger partial charge on any atom is -0.314 e. The number of piperazine rings is 1. The van der Waals surface area contributed by atoms with Gasteiger partial charge in [0.2, 0.25) is 0 Å². The van der Waals surface area contributed by atoms with E-state index in [0.29, 0.717) is 6.42 Å². The van der Waals surface area contributed by atoms with Crippen LogP contribution in [0.25, 0.3) is 11.1 Å². The largest absolute Gasteiger partial charge is 0.314 e. The summed E-state index contributed by atoms with van der Waals surface area (Å²) in [5, 5.41) is 12.7. The number of fused-ring (bicyclic) bond motifs is 3. The van der Waals surface area contributed by atoms with Crippen LogP contribution < -0.4 is 5.32 Å². The summed E-state index contributed by atoms with van der Waals surface area (Å²) >= 11 is 0. The molecule has 2 aromatic rings. The molecule has 2 aromatic carbocycles. The summed E-state index contributed by atoms with van der Waals surface area (Å²) in [5.41, 5.74) is 6.84. The van der Waals surface area contributed by atoms with Gasteiger partial charge in [0.05, 0.1) is 12.5 Å². The number of nitriles is 1. The topological polar surface area (TPSA) is 39.1 Å². The van der Waals surface area contributed by atoms with E-state index in [1.165, 1.54) is 27.8 Å². The maximum atomic E-state index is 9.27. The third kappa shape index (κ3) is 2.65. The number of rotatable bonds is 3. The van der Waals surface area contributed by atoms with E-state index in [-0.39, 0.29) is 6.04 Å². The molecule has 116 valence electrons. The molecule has 1 heterocycles. The predicted molar refractivity (Wildman–Crippen MR) is 92.1 cm³/mol. The third-order valence-electron chi connectivity index (χ3n) is 5.08. The van der Waals surface area contributed by atoms with Crippen molar-refractivity contribution in [3.05, 3.63) is 59.2 Å². The van der Waals surface area contributed by atoms with Gasteiger partial charge in [-0.2, -0.15) is 5.26 Å². The van der Waals surface area contributed by atoms with E-state index in [0.717, 1.165) is 32.6 Å². The quantitative estimate of drug-likeness (QED) is 0.808. The van der Waals surface area contributed by atoms with Crippen LogP contribution >= 0.6 is 0 Å². The van der Waals surface area contributed by atoms with Crippen molar-refractivity contribution in [1.29, 1.82) is 5.26 Å². The Balaban J connectivity index is 1.67. The lowest BCUT2D eigenvalue weighted by Gasteiger charge is -2.34. The summed E-state index contributed by atoms with van der Waals surface area (Å²) in [6.45, 7) is 4.06. The Morgan fingerprint density at radius 2 is 1.83 bits per heavy atom. The van der Waals surface area contributed by atoms with Crippen molar-refractivity contribution in [2.45, 2.75) is 18.9 Å². The lowest BCUT2D eigenvalue weighted by atomic mass is 9.96. The zero-order valence-electron chi connectivity index (χ0n) is 13.3. The fraction of sp³-hybridized carbons (Fsp3) is 0.350. The van der Waals surface area contributed by atoms with Crippen LogP contribution in [-0.4, -0.2) is 31.1 Å². The van der Waals surface area contributed by atoms with E-state index >= 15 is 0 Å². The third-order valence-corrected chi connectivity index (χ3v) is 5.08. The molecule has 4 rings (SSSR count). The van der Waals surface area contributed by atoms with Gasteiger partial charge in [-0.25, -0.2) is 0 Å². The van der Waals surface area contributed by atoms with E-state index in [2.05, 4.69) is 58.8 Å². The van der Waals surface area contributed by atoms with Crippen LogP contribution in [0.3, 0.4) is 0 Å². The van der Waals surface area contributed by atoms with Gasteiger partial charge in [-0.1, -0.05) is 42.5 Å². The minimum absolute atomic E-state index is 0.219. The van der Waals surface area contributed by atoms with Crippen LogP contribution in [0.1, 0.15) is 29.2 Å². The van der Waals surface area contributed by atoms with Crippen LogP contribution in [0.15, 0.2) is 42.5 Å². The Morgan fingerprint density at radius 3 is 2.65 bits per heavy atom. The van der Waals surface area contributed by atoms with Gasteiger partial charge in [-0.05, 0) is 34.2 Å². The number of benzene rings is 2. The maximum Gasteiger partial charge on any atom is 0.0641 e. The van der Waals surface area contributed by atoms with Gasteiger partial charge >= 0.3 is 0 Å². The highest BCUT2D eigenvalue weighted by atomic mass is 15.2. The molecule has 2 aliphatic rings. The highest BCUT2D eigenvalue weighted by molar-refractivity contribution is 5.77. The smallest absolute Gasteiger partial charge is 0.0641 e. The highest BCUT2D eigenvalue weighted by Crippen LogP contribution is 2.38. The van der Waals surface area contributed by atoms with Crippen LogP contribution in [0.4, 0.5) is 0 Å². The van der Waals surface area contributed by atoms with E-state index in [9.17, 15) is 5.26 Å². The lowest BCUT2D eigenvalue weighted by molar-refractivity contribution is 0.175. The molecule has 1 N–H and O–H groups in total. The lowest BCUT2D eigenvalue weighted by Crippen LogP contribution is -2.45.